The van der Waals surface area contributed by atoms with Crippen molar-refractivity contribution in [1.29, 1.82) is 0 Å². The first-order valence-corrected chi connectivity index (χ1v) is 7.35. The minimum absolute atomic E-state index is 0.105. The number of rotatable bonds is 3. The second kappa shape index (κ2) is 5.27. The van der Waals surface area contributed by atoms with Gasteiger partial charge in [0.2, 0.25) is 5.91 Å². The van der Waals surface area contributed by atoms with E-state index in [2.05, 4.69) is 5.32 Å². The zero-order valence-corrected chi connectivity index (χ0v) is 12.0. The molecule has 2 aliphatic rings. The van der Waals surface area contributed by atoms with Crippen molar-refractivity contribution in [2.75, 3.05) is 5.32 Å². The Morgan fingerprint density at radius 1 is 1.38 bits per heavy atom. The monoisotopic (exact) mass is 309 g/mol. The lowest BCUT2D eigenvalue weighted by Gasteiger charge is -2.27. The molecule has 1 amide bonds. The molecule has 7 heteroatoms. The first-order valence-electron chi connectivity index (χ1n) is 6.97. The van der Waals surface area contributed by atoms with E-state index in [1.54, 1.807) is 0 Å². The molecule has 0 saturated heterocycles. The van der Waals surface area contributed by atoms with E-state index in [1.807, 2.05) is 0 Å². The number of hydrogen-bond acceptors (Lipinski definition) is 4. The normalized spacial score (nSPS) is 30.4. The lowest BCUT2D eigenvalue weighted by atomic mass is 9.84. The third kappa shape index (κ3) is 2.49. The second-order valence-electron chi connectivity index (χ2n) is 5.85. The second-order valence-corrected chi connectivity index (χ2v) is 6.25. The molecule has 0 heterocycles. The lowest BCUT2D eigenvalue weighted by molar-refractivity contribution is -0.384. The van der Waals surface area contributed by atoms with Gasteiger partial charge in [0, 0.05) is 18.2 Å². The minimum Gasteiger partial charge on any atom is -0.327 e. The molecular weight excluding hydrogens is 294 g/mol. The number of nitro benzene ring substituents is 1. The van der Waals surface area contributed by atoms with E-state index in [9.17, 15) is 14.9 Å². The van der Waals surface area contributed by atoms with Crippen molar-refractivity contribution in [2.24, 2.45) is 23.5 Å². The van der Waals surface area contributed by atoms with Crippen molar-refractivity contribution in [2.45, 2.75) is 25.3 Å². The van der Waals surface area contributed by atoms with E-state index in [-0.39, 0.29) is 34.3 Å². The first-order chi connectivity index (χ1) is 9.97. The third-order valence-electron chi connectivity index (χ3n) is 4.70. The predicted molar refractivity (Wildman–Crippen MR) is 79.0 cm³/mol. The molecule has 3 N–H and O–H groups in total. The summed E-state index contributed by atoms with van der Waals surface area (Å²) in [5.41, 5.74) is 6.30. The quantitative estimate of drug-likeness (QED) is 0.662. The molecule has 21 heavy (non-hydrogen) atoms. The molecule has 0 spiro atoms. The van der Waals surface area contributed by atoms with Gasteiger partial charge in [-0.3, -0.25) is 14.9 Å². The van der Waals surface area contributed by atoms with E-state index < -0.39 is 4.92 Å². The van der Waals surface area contributed by atoms with Crippen molar-refractivity contribution < 1.29 is 9.72 Å². The molecule has 2 bridgehead atoms. The van der Waals surface area contributed by atoms with Gasteiger partial charge in [-0.25, -0.2) is 0 Å². The van der Waals surface area contributed by atoms with Gasteiger partial charge < -0.3 is 11.1 Å². The van der Waals surface area contributed by atoms with Crippen LogP contribution in [0.4, 0.5) is 11.4 Å². The van der Waals surface area contributed by atoms with Crippen molar-refractivity contribution in [3.63, 3.8) is 0 Å². The lowest BCUT2D eigenvalue weighted by Crippen LogP contribution is -2.42. The summed E-state index contributed by atoms with van der Waals surface area (Å²) in [5.74, 6) is 0.338. The Morgan fingerprint density at radius 3 is 2.71 bits per heavy atom. The van der Waals surface area contributed by atoms with Crippen LogP contribution in [0.3, 0.4) is 0 Å². The van der Waals surface area contributed by atoms with Gasteiger partial charge in [-0.2, -0.15) is 0 Å². The fourth-order valence-corrected chi connectivity index (χ4v) is 3.83. The zero-order chi connectivity index (χ0) is 15.1. The molecule has 0 aliphatic heterocycles. The van der Waals surface area contributed by atoms with Crippen LogP contribution < -0.4 is 11.1 Å². The summed E-state index contributed by atoms with van der Waals surface area (Å²) in [7, 11) is 0. The highest BCUT2D eigenvalue weighted by molar-refractivity contribution is 6.33. The highest BCUT2D eigenvalue weighted by atomic mass is 35.5. The highest BCUT2D eigenvalue weighted by Crippen LogP contribution is 2.48. The Hall–Kier alpha value is -1.66. The van der Waals surface area contributed by atoms with Gasteiger partial charge in [0.15, 0.2) is 0 Å². The van der Waals surface area contributed by atoms with Crippen molar-refractivity contribution in [1.82, 2.24) is 0 Å². The topological polar surface area (TPSA) is 98.3 Å². The van der Waals surface area contributed by atoms with Crippen molar-refractivity contribution in [3.05, 3.63) is 33.3 Å². The van der Waals surface area contributed by atoms with Crippen LogP contribution in [-0.4, -0.2) is 16.9 Å². The first kappa shape index (κ1) is 14.3. The summed E-state index contributed by atoms with van der Waals surface area (Å²) < 4.78 is 0. The smallest absolute Gasteiger partial charge is 0.271 e. The minimum atomic E-state index is -0.519. The standard InChI is InChI=1S/C14H16ClN3O3/c15-10-4-3-9(18(20)21)6-11(10)17-14(19)12-7-1-2-8(5-7)13(12)16/h3-4,6-8,12-13H,1-2,5,16H2,(H,17,19). The number of amides is 1. The molecule has 4 atom stereocenters. The summed E-state index contributed by atoms with van der Waals surface area (Å²) in [6, 6.07) is 3.87. The molecule has 0 radical (unpaired) electrons. The van der Waals surface area contributed by atoms with E-state index >= 15 is 0 Å². The molecule has 2 fully saturated rings. The van der Waals surface area contributed by atoms with Gasteiger partial charge in [0.25, 0.3) is 5.69 Å². The molecule has 1 aromatic rings. The molecule has 4 unspecified atom stereocenters. The molecular formula is C14H16ClN3O3. The Bertz CT molecular complexity index is 605. The number of fused-ring (bicyclic) bond motifs is 2. The number of carbonyl (C=O) groups is 1. The van der Waals surface area contributed by atoms with Gasteiger partial charge in [-0.1, -0.05) is 11.6 Å². The number of hydrogen-bond donors (Lipinski definition) is 2. The molecule has 3 rings (SSSR count). The number of carbonyl (C=O) groups excluding carboxylic acids is 1. The summed E-state index contributed by atoms with van der Waals surface area (Å²) >= 11 is 6.00. The third-order valence-corrected chi connectivity index (χ3v) is 5.03. The van der Waals surface area contributed by atoms with Crippen molar-refractivity contribution >= 4 is 28.9 Å². The SMILES string of the molecule is NC1C2CCC(C2)C1C(=O)Nc1cc([N+](=O)[O-])ccc1Cl. The van der Waals surface area contributed by atoms with E-state index in [0.717, 1.165) is 19.3 Å². The average molecular weight is 310 g/mol. The summed E-state index contributed by atoms with van der Waals surface area (Å²) in [5, 5.41) is 13.8. The van der Waals surface area contributed by atoms with Crippen LogP contribution in [0.15, 0.2) is 18.2 Å². The Labute approximate surface area is 126 Å². The Morgan fingerprint density at radius 2 is 2.10 bits per heavy atom. The van der Waals surface area contributed by atoms with Crippen LogP contribution in [0.2, 0.25) is 5.02 Å². The summed E-state index contributed by atoms with van der Waals surface area (Å²) in [6.45, 7) is 0. The van der Waals surface area contributed by atoms with Crippen LogP contribution >= 0.6 is 11.6 Å². The van der Waals surface area contributed by atoms with Crippen LogP contribution in [0, 0.1) is 27.9 Å². The molecule has 6 nitrogen and oxygen atoms in total. The number of nitrogens with two attached hydrogens (primary N) is 1. The number of benzene rings is 1. The number of nitrogens with one attached hydrogen (secondary N) is 1. The number of nitro groups is 1. The fourth-order valence-electron chi connectivity index (χ4n) is 3.66. The van der Waals surface area contributed by atoms with Crippen molar-refractivity contribution in [3.8, 4) is 0 Å². The Balaban J connectivity index is 1.79. The number of nitrogens with zero attached hydrogens (tertiary/aromatic N) is 1. The number of non-ortho nitro benzene ring substituents is 1. The molecule has 2 aliphatic carbocycles. The van der Waals surface area contributed by atoms with Gasteiger partial charge in [0.05, 0.1) is 21.6 Å². The number of halogens is 1. The maximum Gasteiger partial charge on any atom is 0.271 e. The largest absolute Gasteiger partial charge is 0.327 e. The van der Waals surface area contributed by atoms with Gasteiger partial charge in [0.1, 0.15) is 0 Å². The van der Waals surface area contributed by atoms with Crippen LogP contribution in [0.25, 0.3) is 0 Å². The van der Waals surface area contributed by atoms with E-state index in [1.165, 1.54) is 18.2 Å². The van der Waals surface area contributed by atoms with Crippen LogP contribution in [-0.2, 0) is 4.79 Å². The predicted octanol–water partition coefficient (Wildman–Crippen LogP) is 2.56. The van der Waals surface area contributed by atoms with Crippen LogP contribution in [0.5, 0.6) is 0 Å². The molecule has 112 valence electrons. The zero-order valence-electron chi connectivity index (χ0n) is 11.3. The highest BCUT2D eigenvalue weighted by Gasteiger charge is 2.49. The van der Waals surface area contributed by atoms with Gasteiger partial charge in [-0.15, -0.1) is 0 Å². The molecule has 0 aromatic heterocycles. The van der Waals surface area contributed by atoms with Gasteiger partial charge in [-0.05, 0) is 37.2 Å². The summed E-state index contributed by atoms with van der Waals surface area (Å²) in [4.78, 5) is 22.7. The molecule has 1 aromatic carbocycles. The molecule has 2 saturated carbocycles. The maximum absolute atomic E-state index is 12.4. The fraction of sp³-hybridized carbons (Fsp3) is 0.500. The maximum atomic E-state index is 12.4. The van der Waals surface area contributed by atoms with E-state index in [0.29, 0.717) is 11.8 Å². The van der Waals surface area contributed by atoms with E-state index in [4.69, 9.17) is 17.3 Å². The average Bonchev–Trinajstić information content (AvgIpc) is 3.01. The van der Waals surface area contributed by atoms with Gasteiger partial charge >= 0.3 is 0 Å². The van der Waals surface area contributed by atoms with Crippen LogP contribution in [0.1, 0.15) is 19.3 Å². The Kier molecular flexibility index (Phi) is 3.59. The number of anilines is 1. The summed E-state index contributed by atoms with van der Waals surface area (Å²) in [6.07, 6.45) is 3.12.